The van der Waals surface area contributed by atoms with Crippen LogP contribution in [-0.2, 0) is 31.5 Å². The van der Waals surface area contributed by atoms with Gasteiger partial charge in [0.1, 0.15) is 6.61 Å². The highest BCUT2D eigenvalue weighted by Gasteiger charge is 2.26. The molecule has 4 rings (SSSR count). The van der Waals surface area contributed by atoms with Gasteiger partial charge in [0.05, 0.1) is 39.4 Å². The predicted octanol–water partition coefficient (Wildman–Crippen LogP) is 3.18. The Bertz CT molecular complexity index is 1540. The number of nitrogens with zero attached hydrogens (tertiary/aromatic N) is 3. The van der Waals surface area contributed by atoms with Crippen LogP contribution in [0.3, 0.4) is 0 Å². The van der Waals surface area contributed by atoms with Gasteiger partial charge >= 0.3 is 7.60 Å². The van der Waals surface area contributed by atoms with Crippen LogP contribution in [0, 0.1) is 5.82 Å². The van der Waals surface area contributed by atoms with Crippen LogP contribution in [0.5, 0.6) is 5.75 Å². The Morgan fingerprint density at radius 2 is 1.95 bits per heavy atom. The Labute approximate surface area is 222 Å². The lowest BCUT2D eigenvalue weighted by Gasteiger charge is -2.19. The van der Waals surface area contributed by atoms with Gasteiger partial charge < -0.3 is 28.8 Å². The molecule has 0 amide bonds. The van der Waals surface area contributed by atoms with E-state index < -0.39 is 25.6 Å². The third-order valence-electron chi connectivity index (χ3n) is 5.61. The number of H-pyrrole nitrogens is 1. The average Bonchev–Trinajstić information content (AvgIpc) is 3.34. The number of benzene rings is 2. The van der Waals surface area contributed by atoms with Crippen molar-refractivity contribution in [3.8, 4) is 5.75 Å². The molecule has 206 valence electrons. The number of hydrogen-bond acceptors (Lipinski definition) is 10. The van der Waals surface area contributed by atoms with Crippen molar-refractivity contribution in [3.63, 3.8) is 0 Å². The molecule has 1 unspecified atom stereocenters. The normalized spacial score (nSPS) is 12.9. The van der Waals surface area contributed by atoms with Crippen molar-refractivity contribution >= 4 is 30.5 Å². The molecule has 0 aliphatic rings. The Balaban J connectivity index is 1.36. The lowest BCUT2D eigenvalue weighted by Crippen LogP contribution is -2.15. The molecule has 3 N–H and O–H groups in total. The zero-order chi connectivity index (χ0) is 27.8. The van der Waals surface area contributed by atoms with E-state index in [2.05, 4.69) is 15.0 Å². The van der Waals surface area contributed by atoms with E-state index in [1.54, 1.807) is 41.0 Å². The van der Waals surface area contributed by atoms with Crippen molar-refractivity contribution in [2.45, 2.75) is 13.2 Å². The molecule has 14 heteroatoms. The number of fused-ring (bicyclic) bond motifs is 1. The summed E-state index contributed by atoms with van der Waals surface area (Å²) < 4.78 is 50.8. The van der Waals surface area contributed by atoms with Crippen molar-refractivity contribution in [1.29, 1.82) is 0 Å². The number of imidazole rings is 1. The number of Topliss-reactive ketones (excluding diaryl/α,β-unsaturated/α-hetero) is 1. The Morgan fingerprint density at radius 1 is 1.15 bits per heavy atom. The first-order valence-electron chi connectivity index (χ1n) is 11.8. The van der Waals surface area contributed by atoms with Crippen molar-refractivity contribution in [3.05, 3.63) is 82.2 Å². The second kappa shape index (κ2) is 12.8. The molecule has 39 heavy (non-hydrogen) atoms. The zero-order valence-corrected chi connectivity index (χ0v) is 21.9. The largest absolute Gasteiger partial charge is 0.494 e. The summed E-state index contributed by atoms with van der Waals surface area (Å²) in [6.45, 7) is -0.277. The monoisotopic (exact) mass is 559 g/mol. The van der Waals surface area contributed by atoms with Crippen molar-refractivity contribution in [2.75, 3.05) is 38.8 Å². The van der Waals surface area contributed by atoms with E-state index in [0.717, 1.165) is 0 Å². The quantitative estimate of drug-likeness (QED) is 0.133. The summed E-state index contributed by atoms with van der Waals surface area (Å²) in [5.41, 5.74) is 6.42. The minimum absolute atomic E-state index is 0.0312. The molecular formula is C25H27FN5O7P. The van der Waals surface area contributed by atoms with Crippen molar-refractivity contribution in [1.82, 2.24) is 19.5 Å². The molecule has 4 aromatic rings. The maximum Gasteiger partial charge on any atom is 0.333 e. The van der Waals surface area contributed by atoms with Gasteiger partial charge in [0.2, 0.25) is 5.95 Å². The lowest BCUT2D eigenvalue weighted by atomic mass is 10.1. The van der Waals surface area contributed by atoms with Gasteiger partial charge in [-0.3, -0.25) is 19.1 Å². The summed E-state index contributed by atoms with van der Waals surface area (Å²) in [5.74, 6) is -0.938. The fourth-order valence-electron chi connectivity index (χ4n) is 3.58. The SMILES string of the molecule is COc1ccc(COP(=O)(CCOCCn2cnc3c(=O)[nH]c(N)nc32)OCC(=O)c2ccccc2)cc1F. The van der Waals surface area contributed by atoms with E-state index in [1.165, 1.54) is 25.6 Å². The van der Waals surface area contributed by atoms with Gasteiger partial charge in [-0.25, -0.2) is 9.37 Å². The number of anilines is 1. The van der Waals surface area contributed by atoms with E-state index in [-0.39, 0.29) is 55.5 Å². The number of nitrogens with one attached hydrogen (secondary N) is 1. The summed E-state index contributed by atoms with van der Waals surface area (Å²) in [6.07, 6.45) is 1.28. The summed E-state index contributed by atoms with van der Waals surface area (Å²) in [7, 11) is -2.49. The second-order valence-corrected chi connectivity index (χ2v) is 10.5. The molecule has 0 saturated heterocycles. The molecular weight excluding hydrogens is 532 g/mol. The van der Waals surface area contributed by atoms with Gasteiger partial charge in [-0.2, -0.15) is 4.98 Å². The number of hydrogen-bond donors (Lipinski definition) is 2. The first-order valence-corrected chi connectivity index (χ1v) is 13.6. The second-order valence-electron chi connectivity index (χ2n) is 8.31. The van der Waals surface area contributed by atoms with E-state index >= 15 is 0 Å². The summed E-state index contributed by atoms with van der Waals surface area (Å²) >= 11 is 0. The van der Waals surface area contributed by atoms with Crippen LogP contribution in [0.1, 0.15) is 15.9 Å². The minimum atomic E-state index is -3.84. The van der Waals surface area contributed by atoms with Crippen LogP contribution in [0.25, 0.3) is 11.2 Å². The molecule has 2 aromatic heterocycles. The summed E-state index contributed by atoms with van der Waals surface area (Å²) in [5, 5.41) is 0. The highest BCUT2D eigenvalue weighted by Crippen LogP contribution is 2.48. The average molecular weight is 559 g/mol. The molecule has 12 nitrogen and oxygen atoms in total. The van der Waals surface area contributed by atoms with Crippen LogP contribution in [-0.4, -0.2) is 58.4 Å². The van der Waals surface area contributed by atoms with Crippen LogP contribution >= 0.6 is 7.60 Å². The van der Waals surface area contributed by atoms with Gasteiger partial charge in [0.15, 0.2) is 28.5 Å². The standard InChI is InChI=1S/C25H27FN5O7P/c1-35-21-8-7-17(13-19(21)26)14-37-39(34,38-15-20(32)18-5-3-2-4-6-18)12-11-36-10-9-31-16-28-22-23(31)29-25(27)30-24(22)33/h2-8,13,16H,9-12,14-15H2,1H3,(H3,27,29,30,33). The number of ketones is 1. The number of ether oxygens (including phenoxy) is 2. The molecule has 2 heterocycles. The van der Waals surface area contributed by atoms with Gasteiger partial charge in [0.25, 0.3) is 5.56 Å². The number of halogens is 1. The molecule has 2 aromatic carbocycles. The highest BCUT2D eigenvalue weighted by atomic mass is 31.2. The van der Waals surface area contributed by atoms with Gasteiger partial charge in [-0.05, 0) is 17.7 Å². The van der Waals surface area contributed by atoms with E-state index in [9.17, 15) is 18.5 Å². The molecule has 0 saturated carbocycles. The van der Waals surface area contributed by atoms with Crippen LogP contribution in [0.2, 0.25) is 0 Å². The Hall–Kier alpha value is -3.90. The zero-order valence-electron chi connectivity index (χ0n) is 21.0. The highest BCUT2D eigenvalue weighted by molar-refractivity contribution is 7.53. The fraction of sp³-hybridized carbons (Fsp3) is 0.280. The van der Waals surface area contributed by atoms with E-state index in [4.69, 9.17) is 24.3 Å². The number of nitrogens with two attached hydrogens (primary N) is 1. The molecule has 0 radical (unpaired) electrons. The number of aromatic nitrogens is 4. The van der Waals surface area contributed by atoms with Gasteiger partial charge in [-0.1, -0.05) is 36.4 Å². The predicted molar refractivity (Wildman–Crippen MR) is 140 cm³/mol. The number of aromatic amines is 1. The van der Waals surface area contributed by atoms with E-state index in [1.807, 2.05) is 0 Å². The lowest BCUT2D eigenvalue weighted by molar-refractivity contribution is 0.0885. The smallest absolute Gasteiger partial charge is 0.333 e. The number of carbonyl (C=O) groups is 1. The van der Waals surface area contributed by atoms with E-state index in [0.29, 0.717) is 16.8 Å². The molecule has 0 aliphatic heterocycles. The first kappa shape index (κ1) is 28.1. The first-order chi connectivity index (χ1) is 18.8. The third-order valence-corrected chi connectivity index (χ3v) is 7.39. The van der Waals surface area contributed by atoms with Crippen LogP contribution in [0.4, 0.5) is 10.3 Å². The Kier molecular flexibility index (Phi) is 9.20. The minimum Gasteiger partial charge on any atom is -0.494 e. The Morgan fingerprint density at radius 3 is 2.69 bits per heavy atom. The molecule has 0 fully saturated rings. The number of methoxy groups -OCH3 is 1. The van der Waals surface area contributed by atoms with Gasteiger partial charge in [-0.15, -0.1) is 0 Å². The molecule has 0 spiro atoms. The van der Waals surface area contributed by atoms with Crippen molar-refractivity contribution in [2.24, 2.45) is 0 Å². The maximum absolute atomic E-state index is 14.1. The molecule has 1 atom stereocenters. The third kappa shape index (κ3) is 7.36. The summed E-state index contributed by atoms with van der Waals surface area (Å²) in [4.78, 5) is 34.9. The molecule has 0 aliphatic carbocycles. The van der Waals surface area contributed by atoms with Crippen molar-refractivity contribution < 1.29 is 32.3 Å². The van der Waals surface area contributed by atoms with Crippen LogP contribution in [0.15, 0.2) is 59.7 Å². The van der Waals surface area contributed by atoms with Crippen LogP contribution < -0.4 is 16.0 Å². The molecule has 0 bridgehead atoms. The number of rotatable bonds is 14. The number of carbonyl (C=O) groups excluding carboxylic acids is 1. The topological polar surface area (TPSA) is 161 Å². The maximum atomic E-state index is 14.1. The fourth-order valence-corrected chi connectivity index (χ4v) is 4.92. The van der Waals surface area contributed by atoms with Gasteiger partial charge in [0, 0.05) is 12.1 Å². The summed E-state index contributed by atoms with van der Waals surface area (Å²) in [6, 6.07) is 12.6. The number of nitrogen functional groups attached to an aromatic ring is 1.